The Morgan fingerprint density at radius 1 is 1.04 bits per heavy atom. The Kier molecular flexibility index (Phi) is 8.54. The fraction of sp³-hybridized carbons (Fsp3) is 0.500. The first-order valence-corrected chi connectivity index (χ1v) is 8.10. The van der Waals surface area contributed by atoms with Gasteiger partial charge in [-0.3, -0.25) is 9.59 Å². The molecule has 0 saturated heterocycles. The minimum atomic E-state index is -0.671. The van der Waals surface area contributed by atoms with Crippen LogP contribution in [0.25, 0.3) is 0 Å². The van der Waals surface area contributed by atoms with Crippen molar-refractivity contribution >= 4 is 17.8 Å². The maximum absolute atomic E-state index is 11.9. The highest BCUT2D eigenvalue weighted by atomic mass is 16.5. The molecule has 1 aromatic carbocycles. The number of esters is 1. The summed E-state index contributed by atoms with van der Waals surface area (Å²) in [7, 11) is 1.29. The van der Waals surface area contributed by atoms with E-state index in [-0.39, 0.29) is 30.6 Å². The molecular weight excluding hydrogens is 308 g/mol. The molecule has 1 aromatic rings. The predicted octanol–water partition coefficient (Wildman–Crippen LogP) is 1.79. The highest BCUT2D eigenvalue weighted by Crippen LogP contribution is 2.07. The van der Waals surface area contributed by atoms with E-state index in [2.05, 4.69) is 10.6 Å². The third-order valence-electron chi connectivity index (χ3n) is 3.44. The van der Waals surface area contributed by atoms with Crippen molar-refractivity contribution in [1.29, 1.82) is 0 Å². The third kappa shape index (κ3) is 7.76. The van der Waals surface area contributed by atoms with Gasteiger partial charge in [-0.15, -0.1) is 0 Å². The molecule has 132 valence electrons. The Morgan fingerprint density at radius 2 is 1.67 bits per heavy atom. The number of amides is 2. The van der Waals surface area contributed by atoms with Crippen LogP contribution in [-0.4, -0.2) is 30.9 Å². The summed E-state index contributed by atoms with van der Waals surface area (Å²) >= 11 is 0. The van der Waals surface area contributed by atoms with Crippen molar-refractivity contribution in [3.8, 4) is 0 Å². The first kappa shape index (κ1) is 19.7. The monoisotopic (exact) mass is 334 g/mol. The molecular formula is C18H26N2O4. The van der Waals surface area contributed by atoms with Gasteiger partial charge in [-0.1, -0.05) is 44.2 Å². The van der Waals surface area contributed by atoms with Crippen LogP contribution in [0.4, 0.5) is 0 Å². The predicted molar refractivity (Wildman–Crippen MR) is 90.9 cm³/mol. The summed E-state index contributed by atoms with van der Waals surface area (Å²) in [5.74, 6) is -0.762. The summed E-state index contributed by atoms with van der Waals surface area (Å²) in [5.41, 5.74) is 0.998. The third-order valence-corrected chi connectivity index (χ3v) is 3.44. The number of hydrogen-bond acceptors (Lipinski definition) is 4. The van der Waals surface area contributed by atoms with Crippen molar-refractivity contribution in [1.82, 2.24) is 10.6 Å². The van der Waals surface area contributed by atoms with Gasteiger partial charge >= 0.3 is 5.97 Å². The summed E-state index contributed by atoms with van der Waals surface area (Å²) in [6, 6.07) is 8.87. The number of benzene rings is 1. The Bertz CT molecular complexity index is 543. The first-order valence-electron chi connectivity index (χ1n) is 8.10. The van der Waals surface area contributed by atoms with Gasteiger partial charge in [0.25, 0.3) is 0 Å². The Labute approximate surface area is 143 Å². The molecule has 24 heavy (non-hydrogen) atoms. The summed E-state index contributed by atoms with van der Waals surface area (Å²) in [6.45, 7) is 4.34. The zero-order chi connectivity index (χ0) is 17.9. The first-order chi connectivity index (χ1) is 11.4. The summed E-state index contributed by atoms with van der Waals surface area (Å²) in [5, 5.41) is 5.40. The molecule has 0 spiro atoms. The lowest BCUT2D eigenvalue weighted by Crippen LogP contribution is -2.42. The largest absolute Gasteiger partial charge is 0.467 e. The fourth-order valence-corrected chi connectivity index (χ4v) is 2.21. The summed E-state index contributed by atoms with van der Waals surface area (Å²) < 4.78 is 4.69. The average molecular weight is 334 g/mol. The highest BCUT2D eigenvalue weighted by Gasteiger charge is 2.22. The minimum Gasteiger partial charge on any atom is -0.467 e. The van der Waals surface area contributed by atoms with Crippen molar-refractivity contribution in [2.75, 3.05) is 7.11 Å². The molecule has 0 aromatic heterocycles. The van der Waals surface area contributed by atoms with Crippen LogP contribution in [-0.2, 0) is 25.7 Å². The van der Waals surface area contributed by atoms with Gasteiger partial charge in [0.15, 0.2) is 0 Å². The molecule has 0 aliphatic carbocycles. The second-order valence-corrected chi connectivity index (χ2v) is 6.04. The number of methoxy groups -OCH3 is 1. The van der Waals surface area contributed by atoms with Crippen LogP contribution < -0.4 is 10.6 Å². The van der Waals surface area contributed by atoms with Crippen LogP contribution in [0.1, 0.15) is 38.7 Å². The summed E-state index contributed by atoms with van der Waals surface area (Å²) in [4.78, 5) is 35.4. The average Bonchev–Trinajstić information content (AvgIpc) is 2.57. The van der Waals surface area contributed by atoms with Crippen LogP contribution in [0.15, 0.2) is 30.3 Å². The Hall–Kier alpha value is -2.37. The van der Waals surface area contributed by atoms with Crippen LogP contribution in [0.3, 0.4) is 0 Å². The van der Waals surface area contributed by atoms with Crippen molar-refractivity contribution < 1.29 is 19.1 Å². The van der Waals surface area contributed by atoms with E-state index in [1.165, 1.54) is 7.11 Å². The van der Waals surface area contributed by atoms with Gasteiger partial charge in [-0.25, -0.2) is 4.79 Å². The van der Waals surface area contributed by atoms with E-state index in [1.54, 1.807) is 0 Å². The molecule has 1 atom stereocenters. The van der Waals surface area contributed by atoms with Gasteiger partial charge < -0.3 is 15.4 Å². The van der Waals surface area contributed by atoms with Crippen molar-refractivity contribution in [2.45, 2.75) is 45.7 Å². The molecule has 2 N–H and O–H groups in total. The lowest BCUT2D eigenvalue weighted by molar-refractivity contribution is -0.145. The second-order valence-electron chi connectivity index (χ2n) is 6.04. The molecule has 0 aliphatic rings. The topological polar surface area (TPSA) is 84.5 Å². The van der Waals surface area contributed by atoms with Gasteiger partial charge in [-0.05, 0) is 17.9 Å². The second kappa shape index (κ2) is 10.4. The molecule has 0 heterocycles. The molecule has 2 amide bonds. The number of carbonyl (C=O) groups excluding carboxylic acids is 3. The van der Waals surface area contributed by atoms with Gasteiger partial charge in [-0.2, -0.15) is 0 Å². The van der Waals surface area contributed by atoms with E-state index in [0.717, 1.165) is 5.56 Å². The van der Waals surface area contributed by atoms with Crippen molar-refractivity contribution in [2.24, 2.45) is 5.92 Å². The van der Waals surface area contributed by atoms with E-state index >= 15 is 0 Å². The van der Waals surface area contributed by atoms with Crippen LogP contribution in [0, 0.1) is 5.92 Å². The van der Waals surface area contributed by atoms with Crippen molar-refractivity contribution in [3.63, 3.8) is 0 Å². The molecule has 1 rings (SSSR count). The highest BCUT2D eigenvalue weighted by molar-refractivity contribution is 5.87. The number of carbonyl (C=O) groups is 3. The molecule has 0 radical (unpaired) electrons. The smallest absolute Gasteiger partial charge is 0.328 e. The standard InChI is InChI=1S/C18H26N2O4/c1-13(2)11-15(18(23)24-3)20-17(22)10-9-16(21)19-12-14-7-5-4-6-8-14/h4-8,13,15H,9-12H2,1-3H3,(H,19,21)(H,20,22). The van der Waals surface area contributed by atoms with E-state index in [1.807, 2.05) is 44.2 Å². The molecule has 0 aliphatic heterocycles. The normalized spacial score (nSPS) is 11.7. The Morgan fingerprint density at radius 3 is 2.25 bits per heavy atom. The number of rotatable bonds is 9. The molecule has 6 heteroatoms. The Balaban J connectivity index is 2.35. The van der Waals surface area contributed by atoms with Gasteiger partial charge in [0.05, 0.1) is 7.11 Å². The van der Waals surface area contributed by atoms with Gasteiger partial charge in [0, 0.05) is 19.4 Å². The fourth-order valence-electron chi connectivity index (χ4n) is 2.21. The van der Waals surface area contributed by atoms with E-state index in [0.29, 0.717) is 13.0 Å². The van der Waals surface area contributed by atoms with Crippen LogP contribution in [0.2, 0.25) is 0 Å². The molecule has 0 fully saturated rings. The maximum Gasteiger partial charge on any atom is 0.328 e. The van der Waals surface area contributed by atoms with Crippen molar-refractivity contribution in [3.05, 3.63) is 35.9 Å². The minimum absolute atomic E-state index is 0.0339. The SMILES string of the molecule is COC(=O)C(CC(C)C)NC(=O)CCC(=O)NCc1ccccc1. The number of ether oxygens (including phenoxy) is 1. The van der Waals surface area contributed by atoms with Crippen LogP contribution in [0.5, 0.6) is 0 Å². The molecule has 0 bridgehead atoms. The summed E-state index contributed by atoms with van der Waals surface area (Å²) in [6.07, 6.45) is 0.610. The van der Waals surface area contributed by atoms with Gasteiger partial charge in [0.2, 0.25) is 11.8 Å². The lowest BCUT2D eigenvalue weighted by Gasteiger charge is -2.18. The van der Waals surface area contributed by atoms with Gasteiger partial charge in [0.1, 0.15) is 6.04 Å². The van der Waals surface area contributed by atoms with E-state index < -0.39 is 12.0 Å². The van der Waals surface area contributed by atoms with E-state index in [9.17, 15) is 14.4 Å². The number of hydrogen-bond donors (Lipinski definition) is 2. The molecule has 1 unspecified atom stereocenters. The lowest BCUT2D eigenvalue weighted by atomic mass is 10.0. The molecule has 0 saturated carbocycles. The molecule has 6 nitrogen and oxygen atoms in total. The van der Waals surface area contributed by atoms with E-state index in [4.69, 9.17) is 4.74 Å². The number of nitrogens with one attached hydrogen (secondary N) is 2. The zero-order valence-corrected chi connectivity index (χ0v) is 14.5. The quantitative estimate of drug-likeness (QED) is 0.674. The maximum atomic E-state index is 11.9. The zero-order valence-electron chi connectivity index (χ0n) is 14.5. The van der Waals surface area contributed by atoms with Crippen LogP contribution >= 0.6 is 0 Å².